The number of nitrogens with one attached hydrogen (secondary N) is 1. The zero-order valence-electron chi connectivity index (χ0n) is 14.2. The van der Waals surface area contributed by atoms with Crippen molar-refractivity contribution in [2.75, 3.05) is 5.32 Å². The summed E-state index contributed by atoms with van der Waals surface area (Å²) in [5.41, 5.74) is 1.87. The van der Waals surface area contributed by atoms with Gasteiger partial charge >= 0.3 is 0 Å². The number of imidazole rings is 1. The summed E-state index contributed by atoms with van der Waals surface area (Å²) in [5.74, 6) is 1.44. The maximum absolute atomic E-state index is 12.3. The van der Waals surface area contributed by atoms with E-state index in [-0.39, 0.29) is 12.3 Å². The number of amides is 1. The van der Waals surface area contributed by atoms with Crippen molar-refractivity contribution in [2.45, 2.75) is 26.3 Å². The van der Waals surface area contributed by atoms with Gasteiger partial charge in [-0.15, -0.1) is 11.3 Å². The predicted octanol–water partition coefficient (Wildman–Crippen LogP) is 3.74. The number of benzene rings is 1. The Bertz CT molecular complexity index is 1040. The fraction of sp³-hybridized carbons (Fsp3) is 0.222. The van der Waals surface area contributed by atoms with Gasteiger partial charge in [-0.2, -0.15) is 4.98 Å². The summed E-state index contributed by atoms with van der Waals surface area (Å²) in [4.78, 5) is 22.1. The van der Waals surface area contributed by atoms with Crippen molar-refractivity contribution in [1.82, 2.24) is 19.7 Å². The molecular formula is C18H17N5O2S. The van der Waals surface area contributed by atoms with Crippen LogP contribution in [0.15, 0.2) is 46.3 Å². The Morgan fingerprint density at radius 1 is 1.23 bits per heavy atom. The van der Waals surface area contributed by atoms with E-state index >= 15 is 0 Å². The number of thiophene rings is 1. The first-order chi connectivity index (χ1) is 12.7. The highest BCUT2D eigenvalue weighted by molar-refractivity contribution is 7.13. The van der Waals surface area contributed by atoms with E-state index in [4.69, 9.17) is 4.52 Å². The first kappa shape index (κ1) is 16.5. The van der Waals surface area contributed by atoms with E-state index < -0.39 is 0 Å². The lowest BCUT2D eigenvalue weighted by atomic mass is 10.3. The van der Waals surface area contributed by atoms with Gasteiger partial charge in [-0.1, -0.05) is 23.4 Å². The lowest BCUT2D eigenvalue weighted by molar-refractivity contribution is -0.116. The Balaban J connectivity index is 1.42. The van der Waals surface area contributed by atoms with Crippen LogP contribution in [-0.4, -0.2) is 25.6 Å². The number of aromatic nitrogens is 4. The summed E-state index contributed by atoms with van der Waals surface area (Å²) in [6, 6.07) is 11.7. The average molecular weight is 367 g/mol. The van der Waals surface area contributed by atoms with Gasteiger partial charge in [0.2, 0.25) is 23.6 Å². The molecule has 0 saturated heterocycles. The van der Waals surface area contributed by atoms with Crippen molar-refractivity contribution in [2.24, 2.45) is 0 Å². The highest BCUT2D eigenvalue weighted by Gasteiger charge is 2.14. The first-order valence-electron chi connectivity index (χ1n) is 8.36. The third kappa shape index (κ3) is 3.23. The summed E-state index contributed by atoms with van der Waals surface area (Å²) in [7, 11) is 0. The number of rotatable bonds is 6. The fourth-order valence-corrected chi connectivity index (χ4v) is 3.41. The Hall–Kier alpha value is -3.00. The normalized spacial score (nSPS) is 11.1. The van der Waals surface area contributed by atoms with Gasteiger partial charge in [-0.25, -0.2) is 4.98 Å². The molecule has 3 heterocycles. The van der Waals surface area contributed by atoms with Gasteiger partial charge < -0.3 is 9.09 Å². The maximum atomic E-state index is 12.3. The van der Waals surface area contributed by atoms with Gasteiger partial charge in [-0.05, 0) is 30.5 Å². The molecule has 0 aliphatic carbocycles. The molecule has 0 saturated carbocycles. The van der Waals surface area contributed by atoms with E-state index in [1.54, 1.807) is 11.3 Å². The number of carbonyl (C=O) groups is 1. The molecule has 1 amide bonds. The van der Waals surface area contributed by atoms with Crippen molar-refractivity contribution < 1.29 is 9.32 Å². The van der Waals surface area contributed by atoms with Crippen LogP contribution in [0, 0.1) is 0 Å². The van der Waals surface area contributed by atoms with Crippen LogP contribution in [0.1, 0.15) is 19.2 Å². The molecule has 1 N–H and O–H groups in total. The minimum atomic E-state index is -0.133. The smallest absolute Gasteiger partial charge is 0.227 e. The lowest BCUT2D eigenvalue weighted by Gasteiger charge is -2.06. The molecule has 4 aromatic rings. The quantitative estimate of drug-likeness (QED) is 0.561. The molecule has 0 aliphatic heterocycles. The molecule has 0 aliphatic rings. The summed E-state index contributed by atoms with van der Waals surface area (Å²) < 4.78 is 7.21. The minimum Gasteiger partial charge on any atom is -0.339 e. The van der Waals surface area contributed by atoms with Crippen molar-refractivity contribution in [3.8, 4) is 10.7 Å². The van der Waals surface area contributed by atoms with E-state index in [0.717, 1.165) is 22.5 Å². The van der Waals surface area contributed by atoms with Gasteiger partial charge in [0, 0.05) is 19.4 Å². The van der Waals surface area contributed by atoms with Crippen LogP contribution in [0.4, 0.5) is 5.95 Å². The van der Waals surface area contributed by atoms with Crippen molar-refractivity contribution in [3.63, 3.8) is 0 Å². The summed E-state index contributed by atoms with van der Waals surface area (Å²) in [6.07, 6.45) is 0.634. The van der Waals surface area contributed by atoms with E-state index in [2.05, 4.69) is 20.4 Å². The van der Waals surface area contributed by atoms with Crippen molar-refractivity contribution >= 4 is 34.2 Å². The number of anilines is 1. The fourth-order valence-electron chi connectivity index (χ4n) is 2.76. The highest BCUT2D eigenvalue weighted by Crippen LogP contribution is 2.22. The van der Waals surface area contributed by atoms with E-state index in [9.17, 15) is 4.79 Å². The highest BCUT2D eigenvalue weighted by atomic mass is 32.1. The number of hydrogen-bond acceptors (Lipinski definition) is 6. The molecule has 0 fully saturated rings. The van der Waals surface area contributed by atoms with Crippen LogP contribution in [-0.2, 0) is 17.8 Å². The zero-order chi connectivity index (χ0) is 17.9. The SMILES string of the molecule is CCn1c(NC(=O)CCc2nc(-c3cccs3)no2)nc2ccccc21. The topological polar surface area (TPSA) is 85.8 Å². The summed E-state index contributed by atoms with van der Waals surface area (Å²) >= 11 is 1.55. The zero-order valence-corrected chi connectivity index (χ0v) is 15.0. The summed E-state index contributed by atoms with van der Waals surface area (Å²) in [6.45, 7) is 2.75. The summed E-state index contributed by atoms with van der Waals surface area (Å²) in [5, 5.41) is 8.79. The van der Waals surface area contributed by atoms with Crippen LogP contribution in [0.25, 0.3) is 21.7 Å². The van der Waals surface area contributed by atoms with E-state index in [1.165, 1.54) is 0 Å². The second kappa shape index (κ2) is 7.09. The monoisotopic (exact) mass is 367 g/mol. The van der Waals surface area contributed by atoms with Crippen molar-refractivity contribution in [1.29, 1.82) is 0 Å². The first-order valence-corrected chi connectivity index (χ1v) is 9.24. The molecule has 1 aromatic carbocycles. The Morgan fingerprint density at radius 3 is 2.92 bits per heavy atom. The molecule has 0 unspecified atom stereocenters. The predicted molar refractivity (Wildman–Crippen MR) is 100.0 cm³/mol. The molecule has 132 valence electrons. The van der Waals surface area contributed by atoms with Crippen LogP contribution in [0.5, 0.6) is 0 Å². The number of nitrogens with zero attached hydrogens (tertiary/aromatic N) is 4. The van der Waals surface area contributed by atoms with Gasteiger partial charge in [0.25, 0.3) is 0 Å². The number of fused-ring (bicyclic) bond motifs is 1. The van der Waals surface area contributed by atoms with Gasteiger partial charge in [-0.3, -0.25) is 10.1 Å². The lowest BCUT2D eigenvalue weighted by Crippen LogP contribution is -2.16. The van der Waals surface area contributed by atoms with Crippen LogP contribution in [0.3, 0.4) is 0 Å². The molecule has 0 spiro atoms. The second-order valence-corrected chi connectivity index (χ2v) is 6.65. The van der Waals surface area contributed by atoms with Gasteiger partial charge in [0.1, 0.15) is 0 Å². The molecule has 4 rings (SSSR count). The average Bonchev–Trinajstić information content (AvgIpc) is 3.38. The van der Waals surface area contributed by atoms with Crippen molar-refractivity contribution in [3.05, 3.63) is 47.7 Å². The molecule has 0 bridgehead atoms. The standard InChI is InChI=1S/C18H17N5O2S/c1-2-23-13-7-4-3-6-12(13)19-18(23)20-15(24)9-10-16-21-17(22-25-16)14-8-5-11-26-14/h3-8,11H,2,9-10H2,1H3,(H,19,20,24). The maximum Gasteiger partial charge on any atom is 0.227 e. The number of para-hydroxylation sites is 2. The third-order valence-corrected chi connectivity index (χ3v) is 4.86. The van der Waals surface area contributed by atoms with E-state index in [1.807, 2.05) is 53.3 Å². The van der Waals surface area contributed by atoms with Crippen LogP contribution in [0.2, 0.25) is 0 Å². The second-order valence-electron chi connectivity index (χ2n) is 5.71. The molecule has 3 aromatic heterocycles. The molecule has 7 nitrogen and oxygen atoms in total. The molecular weight excluding hydrogens is 350 g/mol. The molecule has 0 atom stereocenters. The largest absolute Gasteiger partial charge is 0.339 e. The Kier molecular flexibility index (Phi) is 4.49. The molecule has 0 radical (unpaired) electrons. The van der Waals surface area contributed by atoms with Crippen LogP contribution < -0.4 is 5.32 Å². The third-order valence-electron chi connectivity index (χ3n) is 4.00. The number of carbonyl (C=O) groups excluding carboxylic acids is 1. The number of aryl methyl sites for hydroxylation is 2. The van der Waals surface area contributed by atoms with Gasteiger partial charge in [0.15, 0.2) is 0 Å². The van der Waals surface area contributed by atoms with Crippen LogP contribution >= 0.6 is 11.3 Å². The Labute approximate surface area is 153 Å². The number of hydrogen-bond donors (Lipinski definition) is 1. The Morgan fingerprint density at radius 2 is 2.12 bits per heavy atom. The van der Waals surface area contributed by atoms with Gasteiger partial charge in [0.05, 0.1) is 15.9 Å². The molecule has 8 heteroatoms. The molecule has 26 heavy (non-hydrogen) atoms. The minimum absolute atomic E-state index is 0.133. The van der Waals surface area contributed by atoms with E-state index in [0.29, 0.717) is 24.1 Å².